The number of morpholine rings is 1. The Morgan fingerprint density at radius 1 is 1.47 bits per heavy atom. The summed E-state index contributed by atoms with van der Waals surface area (Å²) in [4.78, 5) is 2.17. The Balaban J connectivity index is 2.34. The third kappa shape index (κ3) is 2.69. The van der Waals surface area contributed by atoms with Crippen molar-refractivity contribution in [2.75, 3.05) is 30.3 Å². The lowest BCUT2D eigenvalue weighted by Crippen LogP contribution is -2.49. The van der Waals surface area contributed by atoms with Crippen LogP contribution >= 0.6 is 0 Å². The highest BCUT2D eigenvalue weighted by Crippen LogP contribution is 2.31. The van der Waals surface area contributed by atoms with Gasteiger partial charge in [0, 0.05) is 19.1 Å². The number of nitrogens with zero attached hydrogens (tertiary/aromatic N) is 3. The molecule has 1 saturated heterocycles. The second kappa shape index (κ2) is 5.38. The van der Waals surface area contributed by atoms with E-state index < -0.39 is 0 Å². The molecular weight excluding hydrogens is 244 g/mol. The third-order valence-corrected chi connectivity index (χ3v) is 3.42. The van der Waals surface area contributed by atoms with Crippen LogP contribution in [0.3, 0.4) is 0 Å². The van der Waals surface area contributed by atoms with Gasteiger partial charge in [-0.3, -0.25) is 0 Å². The van der Waals surface area contributed by atoms with Crippen LogP contribution < -0.4 is 10.6 Å². The summed E-state index contributed by atoms with van der Waals surface area (Å²) in [7, 11) is 0. The van der Waals surface area contributed by atoms with E-state index >= 15 is 0 Å². The molecule has 6 nitrogen and oxygen atoms in total. The minimum Gasteiger partial charge on any atom is -0.394 e. The van der Waals surface area contributed by atoms with Gasteiger partial charge >= 0.3 is 0 Å². The summed E-state index contributed by atoms with van der Waals surface area (Å²) < 4.78 is 7.63. The van der Waals surface area contributed by atoms with Crippen molar-refractivity contribution in [2.24, 2.45) is 0 Å². The highest BCUT2D eigenvalue weighted by Gasteiger charge is 2.29. The van der Waals surface area contributed by atoms with Crippen LogP contribution in [0.15, 0.2) is 0 Å². The molecule has 1 aromatic rings. The van der Waals surface area contributed by atoms with E-state index in [-0.39, 0.29) is 24.9 Å². The van der Waals surface area contributed by atoms with Crippen molar-refractivity contribution < 1.29 is 9.84 Å². The predicted octanol–water partition coefficient (Wildman–Crippen LogP) is 0.941. The molecule has 0 radical (unpaired) electrons. The maximum Gasteiger partial charge on any atom is 0.151 e. The van der Waals surface area contributed by atoms with E-state index in [0.29, 0.717) is 6.54 Å². The molecule has 1 aliphatic heterocycles. The van der Waals surface area contributed by atoms with Gasteiger partial charge in [-0.05, 0) is 27.7 Å². The van der Waals surface area contributed by atoms with E-state index in [1.807, 2.05) is 18.5 Å². The number of ether oxygens (including phenoxy) is 1. The largest absolute Gasteiger partial charge is 0.394 e. The van der Waals surface area contributed by atoms with Gasteiger partial charge in [0.1, 0.15) is 0 Å². The highest BCUT2D eigenvalue weighted by atomic mass is 16.5. The number of aliphatic hydroxyl groups is 1. The molecule has 1 fully saturated rings. The van der Waals surface area contributed by atoms with Gasteiger partial charge in [-0.25, -0.2) is 4.68 Å². The molecule has 1 aliphatic rings. The molecule has 0 amide bonds. The SMILES string of the molecule is Cc1nn(C(C)C)c(N2CC(C)OC(CO)C2)c1N. The van der Waals surface area contributed by atoms with Gasteiger partial charge in [-0.2, -0.15) is 5.10 Å². The number of nitrogen functional groups attached to an aromatic ring is 1. The van der Waals surface area contributed by atoms with Gasteiger partial charge < -0.3 is 20.5 Å². The average Bonchev–Trinajstić information content (AvgIpc) is 2.65. The summed E-state index contributed by atoms with van der Waals surface area (Å²) >= 11 is 0. The monoisotopic (exact) mass is 268 g/mol. The summed E-state index contributed by atoms with van der Waals surface area (Å²) in [6, 6.07) is 0.247. The number of rotatable bonds is 3. The van der Waals surface area contributed by atoms with Gasteiger partial charge in [0.25, 0.3) is 0 Å². The third-order valence-electron chi connectivity index (χ3n) is 3.42. The van der Waals surface area contributed by atoms with E-state index in [0.717, 1.165) is 23.7 Å². The summed E-state index contributed by atoms with van der Waals surface area (Å²) in [6.45, 7) is 9.53. The molecule has 0 bridgehead atoms. The first-order chi connectivity index (χ1) is 8.93. The smallest absolute Gasteiger partial charge is 0.151 e. The summed E-state index contributed by atoms with van der Waals surface area (Å²) in [5, 5.41) is 13.8. The Morgan fingerprint density at radius 3 is 2.74 bits per heavy atom. The van der Waals surface area contributed by atoms with Crippen LogP contribution in [-0.4, -0.2) is 46.8 Å². The fourth-order valence-electron chi connectivity index (χ4n) is 2.54. The standard InChI is InChI=1S/C13H24N4O2/c1-8(2)17-13(12(14)10(4)15-17)16-5-9(3)19-11(6-16)7-18/h8-9,11,18H,5-7,14H2,1-4H3. The summed E-state index contributed by atoms with van der Waals surface area (Å²) in [5.74, 6) is 0.945. The first-order valence-corrected chi connectivity index (χ1v) is 6.79. The van der Waals surface area contributed by atoms with E-state index in [1.165, 1.54) is 0 Å². The Morgan fingerprint density at radius 2 is 2.16 bits per heavy atom. The van der Waals surface area contributed by atoms with Gasteiger partial charge in [-0.15, -0.1) is 0 Å². The van der Waals surface area contributed by atoms with Crippen LogP contribution in [0, 0.1) is 6.92 Å². The highest BCUT2D eigenvalue weighted by molar-refractivity contribution is 5.66. The van der Waals surface area contributed by atoms with Crippen molar-refractivity contribution in [3.63, 3.8) is 0 Å². The molecule has 108 valence electrons. The maximum absolute atomic E-state index is 9.32. The average molecular weight is 268 g/mol. The molecule has 0 aromatic carbocycles. The van der Waals surface area contributed by atoms with Gasteiger partial charge in [0.05, 0.1) is 30.2 Å². The van der Waals surface area contributed by atoms with Gasteiger partial charge in [-0.1, -0.05) is 0 Å². The summed E-state index contributed by atoms with van der Waals surface area (Å²) in [6.07, 6.45) is -0.0971. The van der Waals surface area contributed by atoms with Crippen molar-refractivity contribution in [1.82, 2.24) is 9.78 Å². The maximum atomic E-state index is 9.32. The van der Waals surface area contributed by atoms with Crippen LogP contribution in [0.5, 0.6) is 0 Å². The second-order valence-corrected chi connectivity index (χ2v) is 5.52. The van der Waals surface area contributed by atoms with E-state index in [2.05, 4.69) is 23.8 Å². The number of hydrogen-bond donors (Lipinski definition) is 2. The van der Waals surface area contributed by atoms with E-state index in [1.54, 1.807) is 0 Å². The lowest BCUT2D eigenvalue weighted by atomic mass is 10.2. The van der Waals surface area contributed by atoms with Crippen LogP contribution in [0.4, 0.5) is 11.5 Å². The van der Waals surface area contributed by atoms with Crippen molar-refractivity contribution in [3.8, 4) is 0 Å². The lowest BCUT2D eigenvalue weighted by Gasteiger charge is -2.38. The van der Waals surface area contributed by atoms with Crippen molar-refractivity contribution in [1.29, 1.82) is 0 Å². The van der Waals surface area contributed by atoms with Crippen LogP contribution in [-0.2, 0) is 4.74 Å². The number of nitrogens with two attached hydrogens (primary N) is 1. The first-order valence-electron chi connectivity index (χ1n) is 6.79. The number of aromatic nitrogens is 2. The number of aryl methyl sites for hydroxylation is 1. The van der Waals surface area contributed by atoms with E-state index in [9.17, 15) is 5.11 Å². The quantitative estimate of drug-likeness (QED) is 0.853. The Hall–Kier alpha value is -1.27. The number of aliphatic hydroxyl groups excluding tert-OH is 1. The second-order valence-electron chi connectivity index (χ2n) is 5.52. The summed E-state index contributed by atoms with van der Waals surface area (Å²) in [5.41, 5.74) is 7.75. The zero-order valence-corrected chi connectivity index (χ0v) is 12.1. The molecule has 2 unspecified atom stereocenters. The molecule has 1 aromatic heterocycles. The molecule has 2 heterocycles. The fraction of sp³-hybridized carbons (Fsp3) is 0.769. The minimum absolute atomic E-state index is 0.0234. The lowest BCUT2D eigenvalue weighted by molar-refractivity contribution is -0.0424. The normalized spacial score (nSPS) is 24.2. The zero-order valence-electron chi connectivity index (χ0n) is 12.1. The molecule has 2 atom stereocenters. The molecule has 19 heavy (non-hydrogen) atoms. The van der Waals surface area contributed by atoms with Crippen LogP contribution in [0.25, 0.3) is 0 Å². The first kappa shape index (κ1) is 14.1. The van der Waals surface area contributed by atoms with E-state index in [4.69, 9.17) is 10.5 Å². The molecule has 0 spiro atoms. The van der Waals surface area contributed by atoms with Crippen molar-refractivity contribution >= 4 is 11.5 Å². The van der Waals surface area contributed by atoms with Gasteiger partial charge in [0.15, 0.2) is 5.82 Å². The topological polar surface area (TPSA) is 76.5 Å². The molecule has 2 rings (SSSR count). The van der Waals surface area contributed by atoms with Crippen LogP contribution in [0.2, 0.25) is 0 Å². The zero-order chi connectivity index (χ0) is 14.2. The molecule has 0 aliphatic carbocycles. The molecule has 6 heteroatoms. The predicted molar refractivity (Wildman–Crippen MR) is 75.4 cm³/mol. The Bertz CT molecular complexity index is 444. The van der Waals surface area contributed by atoms with Crippen molar-refractivity contribution in [3.05, 3.63) is 5.69 Å². The minimum atomic E-state index is -0.168. The number of hydrogen-bond acceptors (Lipinski definition) is 5. The molecule has 3 N–H and O–H groups in total. The Kier molecular flexibility index (Phi) is 4.01. The number of anilines is 2. The van der Waals surface area contributed by atoms with Crippen molar-refractivity contribution in [2.45, 2.75) is 45.9 Å². The molecular formula is C13H24N4O2. The molecule has 0 saturated carbocycles. The van der Waals surface area contributed by atoms with Crippen LogP contribution in [0.1, 0.15) is 32.5 Å². The Labute approximate surface area is 114 Å². The fourth-order valence-corrected chi connectivity index (χ4v) is 2.54. The van der Waals surface area contributed by atoms with Gasteiger partial charge in [0.2, 0.25) is 0 Å².